The molecule has 0 spiro atoms. The van der Waals surface area contributed by atoms with Crippen LogP contribution in [0.2, 0.25) is 0 Å². The van der Waals surface area contributed by atoms with E-state index < -0.39 is 328 Å². The molecule has 602 valence electrons. The number of carbonyl (C=O) groups excluding carboxylic acids is 4. The van der Waals surface area contributed by atoms with Gasteiger partial charge in [0, 0.05) is 26.7 Å². The van der Waals surface area contributed by atoms with Crippen LogP contribution in [0.5, 0.6) is 0 Å². The Kier molecular flexibility index (Phi) is 30.9. The number of ether oxygens (including phenoxy) is 16. The third-order valence-corrected chi connectivity index (χ3v) is 19.3. The quantitative estimate of drug-likeness (QED) is 0.0244. The molecule has 8 fully saturated rings. The molecule has 45 heteroatoms. The lowest BCUT2D eigenvalue weighted by atomic mass is 9.87. The fourth-order valence-electron chi connectivity index (χ4n) is 13.5. The van der Waals surface area contributed by atoms with Gasteiger partial charge >= 0.3 is 5.97 Å². The molecule has 16 unspecified atom stereocenters. The van der Waals surface area contributed by atoms with Gasteiger partial charge in [-0.1, -0.05) is 6.92 Å². The Bertz CT molecular complexity index is 2710. The monoisotopic (exact) mass is 1520 g/mol. The molecule has 45 nitrogen and oxygen atoms in total. The van der Waals surface area contributed by atoms with Crippen LogP contribution in [-0.2, 0) is 95.0 Å². The van der Waals surface area contributed by atoms with Crippen LogP contribution < -0.4 is 16.0 Å². The summed E-state index contributed by atoms with van der Waals surface area (Å²) in [4.78, 5) is 49.7. The van der Waals surface area contributed by atoms with Gasteiger partial charge in [0.25, 0.3) is 6.47 Å². The van der Waals surface area contributed by atoms with Gasteiger partial charge in [-0.2, -0.15) is 0 Å². The highest BCUT2D eigenvalue weighted by Gasteiger charge is 2.60. The fourth-order valence-corrected chi connectivity index (χ4v) is 13.5. The van der Waals surface area contributed by atoms with E-state index in [4.69, 9.17) is 75.8 Å². The van der Waals surface area contributed by atoms with Gasteiger partial charge < -0.3 is 204 Å². The molecule has 8 aliphatic rings. The molecule has 8 rings (SSSR count). The second-order valence-corrected chi connectivity index (χ2v) is 26.6. The smallest absolute Gasteiger partial charge is 0.332 e. The van der Waals surface area contributed by atoms with Crippen molar-refractivity contribution in [1.82, 2.24) is 16.0 Å². The molecular formula is C59H99N3O42. The SMILES string of the molecule is CC(=O)NC1C(O)[C@H](O[C@@H]2OC(CO[C@]3(OC=O)C[C@H](O)[C@@H](C)C([C@H](O)[C@H](O)CO)O3)[C@H](O)[C@H](O)C2O)[C@@H](CO)O[C@@H]1OC1[C@H](OCC2O[C@@H](O[C@H]3C(CO)O[C@@H](O[C@H]4C(CO)O[C@@H](C)C(NC(C)=O)[C@H]4O)C(NC(C)=O)[C@H]3O)C(O)[C@@H](O[C@@H]3OC(CO)[C@H](O)C(O)C3O)[C@H]2O)OC(CO)[C@H](O)[C@@H]1O. The predicted octanol–water partition coefficient (Wildman–Crippen LogP) is -16.4. The number of aliphatic hydroxyl groups is 22. The lowest BCUT2D eigenvalue weighted by Gasteiger charge is -2.50. The van der Waals surface area contributed by atoms with Crippen molar-refractivity contribution < 1.29 is 207 Å². The zero-order chi connectivity index (χ0) is 76.8. The van der Waals surface area contributed by atoms with E-state index in [9.17, 15) is 132 Å². The van der Waals surface area contributed by atoms with Gasteiger partial charge in [0.2, 0.25) is 17.7 Å². The molecule has 25 N–H and O–H groups in total. The Morgan fingerprint density at radius 2 is 0.817 bits per heavy atom. The summed E-state index contributed by atoms with van der Waals surface area (Å²) in [5.41, 5.74) is 0. The molecule has 3 amide bonds. The number of nitrogens with one attached hydrogen (secondary N) is 3. The fraction of sp³-hybridized carbons (Fsp3) is 0.932. The van der Waals surface area contributed by atoms with Crippen molar-refractivity contribution in [1.29, 1.82) is 0 Å². The average molecular weight is 1520 g/mol. The summed E-state index contributed by atoms with van der Waals surface area (Å²) >= 11 is 0. The highest BCUT2D eigenvalue weighted by atomic mass is 16.9. The molecule has 0 aliphatic carbocycles. The summed E-state index contributed by atoms with van der Waals surface area (Å²) in [5.74, 6) is -6.01. The van der Waals surface area contributed by atoms with Crippen LogP contribution in [0.25, 0.3) is 0 Å². The summed E-state index contributed by atoms with van der Waals surface area (Å²) < 4.78 is 93.7. The number of carbonyl (C=O) groups is 4. The molecular weight excluding hydrogens is 1420 g/mol. The lowest BCUT2D eigenvalue weighted by molar-refractivity contribution is -0.424. The molecule has 0 saturated carbocycles. The van der Waals surface area contributed by atoms with Crippen molar-refractivity contribution in [3.63, 3.8) is 0 Å². The maximum Gasteiger partial charge on any atom is 0.332 e. The Morgan fingerprint density at radius 3 is 1.29 bits per heavy atom. The van der Waals surface area contributed by atoms with E-state index in [-0.39, 0.29) is 6.47 Å². The molecule has 8 heterocycles. The van der Waals surface area contributed by atoms with Crippen molar-refractivity contribution >= 4 is 24.2 Å². The molecule has 104 heavy (non-hydrogen) atoms. The van der Waals surface area contributed by atoms with E-state index in [1.807, 2.05) is 0 Å². The minimum atomic E-state index is -2.62. The van der Waals surface area contributed by atoms with Gasteiger partial charge in [-0.15, -0.1) is 0 Å². The molecule has 8 aliphatic heterocycles. The summed E-state index contributed by atoms with van der Waals surface area (Å²) in [5, 5.41) is 250. The minimum Gasteiger partial charge on any atom is -0.410 e. The van der Waals surface area contributed by atoms with E-state index in [2.05, 4.69) is 16.0 Å². The number of aliphatic hydroxyl groups excluding tert-OH is 22. The molecule has 0 aromatic heterocycles. The van der Waals surface area contributed by atoms with Crippen LogP contribution >= 0.6 is 0 Å². The second-order valence-electron chi connectivity index (χ2n) is 26.6. The predicted molar refractivity (Wildman–Crippen MR) is 323 cm³/mol. The maximum atomic E-state index is 12.9. The van der Waals surface area contributed by atoms with Gasteiger partial charge in [0.05, 0.1) is 83.6 Å². The van der Waals surface area contributed by atoms with Crippen LogP contribution in [0.3, 0.4) is 0 Å². The van der Waals surface area contributed by atoms with E-state index in [0.29, 0.717) is 0 Å². The number of hydrogen-bond donors (Lipinski definition) is 25. The number of hydrogen-bond acceptors (Lipinski definition) is 42. The Morgan fingerprint density at radius 1 is 0.433 bits per heavy atom. The lowest BCUT2D eigenvalue weighted by Crippen LogP contribution is -2.70. The standard InChI is InChI=1S/C59H99N3O42/c1-16-21(73)6-59(91-15-69,104-47(16)33(75)22(74)7-63)90-14-29-36(78)42(84)45(87)56(98-29)100-49-26(11-67)96-54(32(40(49)82)62-20(5)72)103-52-43(85)35(77)24(9-65)94-58(52)89-13-28-37(79)51(102-55-44(86)41(83)34(76)23(8-64)93-55)46(88)57(97-28)101-50-27(12-68)95-53(31(39(50)81)61-19(4)71)99-48-25(10-66)92-17(2)30(38(48)80)60-18(3)70/h15-17,21-58,63-68,73-88H,6-14H2,1-5H3,(H,60,70)(H,61,71)(H,62,72)/t16-,17+,21+,22-,23?,24?,25?,26-,27?,28?,29?,30?,31?,32?,33-,34+,35+,36+,37+,38-,39-,40?,41?,42+,43+,44?,45?,46?,47?,48+,49-,50+,51+,52?,53+,54-,55+,56+,57+,58-,59+/m1/s1. The minimum absolute atomic E-state index is 0.171. The van der Waals surface area contributed by atoms with Crippen molar-refractivity contribution in [2.45, 2.75) is 286 Å². The summed E-state index contributed by atoms with van der Waals surface area (Å²) in [6.07, 6.45) is -71.2. The molecule has 0 bridgehead atoms. The van der Waals surface area contributed by atoms with Crippen molar-refractivity contribution in [3.05, 3.63) is 0 Å². The topological polar surface area (TPSA) is 697 Å². The molecule has 8 saturated heterocycles. The van der Waals surface area contributed by atoms with E-state index in [0.717, 1.165) is 20.8 Å². The van der Waals surface area contributed by atoms with Gasteiger partial charge in [0.15, 0.2) is 37.7 Å². The van der Waals surface area contributed by atoms with Crippen LogP contribution in [0.4, 0.5) is 0 Å². The molecule has 0 aromatic carbocycles. The van der Waals surface area contributed by atoms with Crippen molar-refractivity contribution in [2.24, 2.45) is 5.92 Å². The molecule has 41 atom stereocenters. The van der Waals surface area contributed by atoms with E-state index in [1.54, 1.807) is 0 Å². The Hall–Kier alpha value is -3.60. The van der Waals surface area contributed by atoms with Crippen LogP contribution in [0.15, 0.2) is 0 Å². The highest BCUT2D eigenvalue weighted by molar-refractivity contribution is 5.74. The van der Waals surface area contributed by atoms with Crippen LogP contribution in [0.1, 0.15) is 41.0 Å². The Labute approximate surface area is 590 Å². The van der Waals surface area contributed by atoms with Crippen LogP contribution in [0, 0.1) is 5.92 Å². The van der Waals surface area contributed by atoms with Gasteiger partial charge in [-0.3, -0.25) is 19.2 Å². The average Bonchev–Trinajstić information content (AvgIpc) is 0.774. The first-order chi connectivity index (χ1) is 49.1. The second kappa shape index (κ2) is 37.4. The zero-order valence-corrected chi connectivity index (χ0v) is 56.5. The highest BCUT2D eigenvalue weighted by Crippen LogP contribution is 2.41. The third kappa shape index (κ3) is 19.0. The zero-order valence-electron chi connectivity index (χ0n) is 56.5. The summed E-state index contributed by atoms with van der Waals surface area (Å²) in [6, 6.07) is -4.87. The van der Waals surface area contributed by atoms with E-state index in [1.165, 1.54) is 13.8 Å². The van der Waals surface area contributed by atoms with E-state index >= 15 is 0 Å². The number of rotatable bonds is 29. The summed E-state index contributed by atoms with van der Waals surface area (Å²) in [6.45, 7) is -2.38. The Balaban J connectivity index is 1.04. The largest absolute Gasteiger partial charge is 0.410 e. The normalized spacial score (nSPS) is 47.9. The number of amides is 3. The van der Waals surface area contributed by atoms with Gasteiger partial charge in [-0.05, 0) is 6.92 Å². The molecule has 0 aromatic rings. The van der Waals surface area contributed by atoms with Crippen LogP contribution in [-0.4, -0.2) is 434 Å². The first-order valence-corrected chi connectivity index (χ1v) is 33.4. The van der Waals surface area contributed by atoms with Gasteiger partial charge in [-0.25, -0.2) is 0 Å². The third-order valence-electron chi connectivity index (χ3n) is 19.3. The first kappa shape index (κ1) is 86.0. The first-order valence-electron chi connectivity index (χ1n) is 33.4. The maximum absolute atomic E-state index is 12.9. The van der Waals surface area contributed by atoms with Gasteiger partial charge in [0.1, 0.15) is 177 Å². The van der Waals surface area contributed by atoms with Crippen molar-refractivity contribution in [2.75, 3.05) is 52.9 Å². The van der Waals surface area contributed by atoms with Crippen molar-refractivity contribution in [3.8, 4) is 0 Å². The summed E-state index contributed by atoms with van der Waals surface area (Å²) in [7, 11) is 0. The molecule has 0 radical (unpaired) electrons.